The molecule has 0 radical (unpaired) electrons. The van der Waals surface area contributed by atoms with Crippen LogP contribution in [-0.4, -0.2) is 49.6 Å². The molecule has 1 aliphatic rings. The number of carbonyl (C=O) groups excluding carboxylic acids is 2. The van der Waals surface area contributed by atoms with E-state index in [0.29, 0.717) is 23.1 Å². The van der Waals surface area contributed by atoms with Crippen LogP contribution in [0.5, 0.6) is 0 Å². The summed E-state index contributed by atoms with van der Waals surface area (Å²) in [7, 11) is 1.72. The minimum absolute atomic E-state index is 0.00388. The topological polar surface area (TPSA) is 120 Å². The summed E-state index contributed by atoms with van der Waals surface area (Å²) < 4.78 is 6.77. The van der Waals surface area contributed by atoms with E-state index in [4.69, 9.17) is 4.74 Å². The zero-order valence-corrected chi connectivity index (χ0v) is 17.9. The van der Waals surface area contributed by atoms with Crippen LogP contribution in [0.3, 0.4) is 0 Å². The number of carbonyl (C=O) groups is 2. The van der Waals surface area contributed by atoms with E-state index in [1.165, 1.54) is 24.0 Å². The van der Waals surface area contributed by atoms with E-state index >= 15 is 0 Å². The third-order valence-corrected chi connectivity index (χ3v) is 6.19. The first kappa shape index (κ1) is 21.5. The molecule has 0 bridgehead atoms. The van der Waals surface area contributed by atoms with Gasteiger partial charge in [-0.1, -0.05) is 24.3 Å². The average Bonchev–Trinajstić information content (AvgIpc) is 3.21. The molecular weight excluding hydrogens is 434 g/mol. The molecule has 1 amide bonds. The number of amides is 1. The molecule has 0 N–H and O–H groups in total. The number of nitrogens with zero attached hydrogens (tertiary/aromatic N) is 5. The zero-order chi connectivity index (χ0) is 22.7. The van der Waals surface area contributed by atoms with Gasteiger partial charge in [-0.25, -0.2) is 4.79 Å². The molecule has 32 heavy (non-hydrogen) atoms. The van der Waals surface area contributed by atoms with Crippen LogP contribution in [-0.2, 0) is 29.5 Å². The van der Waals surface area contributed by atoms with Gasteiger partial charge in [0.15, 0.2) is 11.8 Å². The Labute approximate surface area is 187 Å². The molecule has 0 unspecified atom stereocenters. The molecule has 0 saturated carbocycles. The van der Waals surface area contributed by atoms with Gasteiger partial charge in [0.25, 0.3) is 11.6 Å². The molecular formula is C21H19N5O5S. The third kappa shape index (κ3) is 4.62. The standard InChI is InChI=1S/C21H19N5O5S/c1-24-13-22-23-21(24)32-18-7-6-15(10-17(18)26(29)30)20(28)31-12-19(27)25-9-8-14-4-2-3-5-16(14)11-25/h2-7,10,13H,8-9,11-12H2,1H3. The van der Waals surface area contributed by atoms with Crippen molar-refractivity contribution in [3.05, 3.63) is 75.6 Å². The van der Waals surface area contributed by atoms with Crippen molar-refractivity contribution in [1.29, 1.82) is 0 Å². The summed E-state index contributed by atoms with van der Waals surface area (Å²) in [5, 5.41) is 19.6. The maximum absolute atomic E-state index is 12.5. The first-order valence-electron chi connectivity index (χ1n) is 9.74. The van der Waals surface area contributed by atoms with Gasteiger partial charge in [-0.05, 0) is 41.4 Å². The summed E-state index contributed by atoms with van der Waals surface area (Å²) in [6.45, 7) is 0.586. The summed E-state index contributed by atoms with van der Waals surface area (Å²) in [6, 6.07) is 11.9. The summed E-state index contributed by atoms with van der Waals surface area (Å²) in [4.78, 5) is 37.8. The number of aryl methyl sites for hydroxylation is 1. The monoisotopic (exact) mass is 453 g/mol. The molecule has 0 fully saturated rings. The Morgan fingerprint density at radius 3 is 2.72 bits per heavy atom. The molecule has 2 aromatic carbocycles. The highest BCUT2D eigenvalue weighted by molar-refractivity contribution is 7.99. The van der Waals surface area contributed by atoms with E-state index in [-0.39, 0.29) is 17.2 Å². The van der Waals surface area contributed by atoms with E-state index in [1.54, 1.807) is 16.5 Å². The Hall–Kier alpha value is -3.73. The van der Waals surface area contributed by atoms with Crippen LogP contribution in [0.15, 0.2) is 58.8 Å². The van der Waals surface area contributed by atoms with Gasteiger partial charge in [0.05, 0.1) is 15.4 Å². The van der Waals surface area contributed by atoms with Gasteiger partial charge in [0.1, 0.15) is 6.33 Å². The van der Waals surface area contributed by atoms with Crippen molar-refractivity contribution in [3.63, 3.8) is 0 Å². The lowest BCUT2D eigenvalue weighted by Crippen LogP contribution is -2.38. The van der Waals surface area contributed by atoms with Crippen LogP contribution >= 0.6 is 11.8 Å². The fraction of sp³-hybridized carbons (Fsp3) is 0.238. The highest BCUT2D eigenvalue weighted by Crippen LogP contribution is 2.34. The molecule has 0 spiro atoms. The molecule has 4 rings (SSSR count). The fourth-order valence-corrected chi connectivity index (χ4v) is 4.20. The second-order valence-corrected chi connectivity index (χ2v) is 8.19. The number of nitro groups is 1. The number of ether oxygens (including phenoxy) is 1. The molecule has 1 aromatic heterocycles. The Morgan fingerprint density at radius 1 is 1.22 bits per heavy atom. The molecule has 0 aliphatic carbocycles. The van der Waals surface area contributed by atoms with Crippen molar-refractivity contribution in [1.82, 2.24) is 19.7 Å². The number of esters is 1. The van der Waals surface area contributed by atoms with Gasteiger partial charge in [0.2, 0.25) is 0 Å². The first-order chi connectivity index (χ1) is 15.4. The van der Waals surface area contributed by atoms with Crippen LogP contribution in [0.2, 0.25) is 0 Å². The first-order valence-corrected chi connectivity index (χ1v) is 10.6. The third-order valence-electron chi connectivity index (χ3n) is 5.07. The Kier molecular flexibility index (Phi) is 6.17. The predicted molar refractivity (Wildman–Crippen MR) is 114 cm³/mol. The maximum Gasteiger partial charge on any atom is 0.338 e. The molecule has 3 aromatic rings. The van der Waals surface area contributed by atoms with E-state index in [2.05, 4.69) is 10.2 Å². The van der Waals surface area contributed by atoms with Gasteiger partial charge < -0.3 is 14.2 Å². The minimum atomic E-state index is -0.797. The lowest BCUT2D eigenvalue weighted by Gasteiger charge is -2.28. The Balaban J connectivity index is 1.41. The lowest BCUT2D eigenvalue weighted by molar-refractivity contribution is -0.387. The Morgan fingerprint density at radius 2 is 2.00 bits per heavy atom. The highest BCUT2D eigenvalue weighted by atomic mass is 32.2. The van der Waals surface area contributed by atoms with Crippen LogP contribution < -0.4 is 0 Å². The van der Waals surface area contributed by atoms with Gasteiger partial charge in [0, 0.05) is 26.2 Å². The number of hydrogen-bond acceptors (Lipinski definition) is 8. The summed E-state index contributed by atoms with van der Waals surface area (Å²) >= 11 is 1.06. The number of nitro benzene ring substituents is 1. The van der Waals surface area contributed by atoms with Crippen LogP contribution in [0.4, 0.5) is 5.69 Å². The van der Waals surface area contributed by atoms with Crippen molar-refractivity contribution in [3.8, 4) is 0 Å². The number of rotatable bonds is 6. The molecule has 1 aliphatic heterocycles. The summed E-state index contributed by atoms with van der Waals surface area (Å²) in [5.41, 5.74) is 2.02. The number of aromatic nitrogens is 3. The second-order valence-electron chi connectivity index (χ2n) is 7.18. The van der Waals surface area contributed by atoms with Crippen LogP contribution in [0, 0.1) is 10.1 Å². The van der Waals surface area contributed by atoms with Crippen molar-refractivity contribution in [2.45, 2.75) is 23.0 Å². The largest absolute Gasteiger partial charge is 0.452 e. The zero-order valence-electron chi connectivity index (χ0n) is 17.1. The number of fused-ring (bicyclic) bond motifs is 1. The number of benzene rings is 2. The molecule has 164 valence electrons. The summed E-state index contributed by atoms with van der Waals surface area (Å²) in [6.07, 6.45) is 2.23. The van der Waals surface area contributed by atoms with E-state index < -0.39 is 17.5 Å². The average molecular weight is 453 g/mol. The normalized spacial score (nSPS) is 12.8. The lowest BCUT2D eigenvalue weighted by atomic mass is 10.00. The van der Waals surface area contributed by atoms with Crippen LogP contribution in [0.1, 0.15) is 21.5 Å². The molecule has 10 nitrogen and oxygen atoms in total. The maximum atomic E-state index is 12.5. The quantitative estimate of drug-likeness (QED) is 0.317. The molecule has 2 heterocycles. The fourth-order valence-electron chi connectivity index (χ4n) is 3.35. The van der Waals surface area contributed by atoms with Crippen molar-refractivity contribution in [2.75, 3.05) is 13.2 Å². The highest BCUT2D eigenvalue weighted by Gasteiger charge is 2.24. The molecule has 0 saturated heterocycles. The van der Waals surface area contributed by atoms with Gasteiger partial charge in [-0.3, -0.25) is 14.9 Å². The molecule has 0 atom stereocenters. The number of hydrogen-bond donors (Lipinski definition) is 0. The van der Waals surface area contributed by atoms with E-state index in [0.717, 1.165) is 29.8 Å². The van der Waals surface area contributed by atoms with E-state index in [9.17, 15) is 19.7 Å². The van der Waals surface area contributed by atoms with Crippen molar-refractivity contribution in [2.24, 2.45) is 7.05 Å². The minimum Gasteiger partial charge on any atom is -0.452 e. The Bertz CT molecular complexity index is 1190. The van der Waals surface area contributed by atoms with Crippen molar-refractivity contribution < 1.29 is 19.2 Å². The SMILES string of the molecule is Cn1cnnc1Sc1ccc(C(=O)OCC(=O)N2CCc3ccccc3C2)cc1[N+](=O)[O-]. The predicted octanol–water partition coefficient (Wildman–Crippen LogP) is 2.62. The second kappa shape index (κ2) is 9.18. The molecule has 11 heteroatoms. The van der Waals surface area contributed by atoms with Crippen molar-refractivity contribution >= 4 is 29.3 Å². The summed E-state index contributed by atoms with van der Waals surface area (Å²) in [5.74, 6) is -1.11. The van der Waals surface area contributed by atoms with Gasteiger partial charge in [-0.15, -0.1) is 10.2 Å². The van der Waals surface area contributed by atoms with E-state index in [1.807, 2.05) is 24.3 Å². The van der Waals surface area contributed by atoms with Gasteiger partial charge in [-0.2, -0.15) is 0 Å². The van der Waals surface area contributed by atoms with Crippen LogP contribution in [0.25, 0.3) is 0 Å². The smallest absolute Gasteiger partial charge is 0.338 e. The van der Waals surface area contributed by atoms with Gasteiger partial charge >= 0.3 is 5.97 Å².